The molecule has 1 fully saturated rings. The van der Waals surface area contributed by atoms with Crippen LogP contribution in [0.25, 0.3) is 0 Å². The molecule has 1 aliphatic rings. The molecule has 31 heavy (non-hydrogen) atoms. The molecule has 7 heteroatoms. The molecular weight excluding hydrogens is 416 g/mol. The Morgan fingerprint density at radius 2 is 1.68 bits per heavy atom. The monoisotopic (exact) mass is 442 g/mol. The van der Waals surface area contributed by atoms with E-state index >= 15 is 0 Å². The SMILES string of the molecule is CC(C)[C@H](NC(=O)c1ccccc1Cl)C(=O)OCc1ccc(C(=O)N2CCCC2)cc1. The van der Waals surface area contributed by atoms with Gasteiger partial charge in [0.1, 0.15) is 12.6 Å². The summed E-state index contributed by atoms with van der Waals surface area (Å²) in [4.78, 5) is 39.4. The number of hydrogen-bond donors (Lipinski definition) is 1. The van der Waals surface area contributed by atoms with Crippen LogP contribution < -0.4 is 5.32 Å². The minimum atomic E-state index is -0.806. The number of hydrogen-bond acceptors (Lipinski definition) is 4. The summed E-state index contributed by atoms with van der Waals surface area (Å²) >= 11 is 6.08. The van der Waals surface area contributed by atoms with Crippen molar-refractivity contribution < 1.29 is 19.1 Å². The highest BCUT2D eigenvalue weighted by Gasteiger charge is 2.27. The Morgan fingerprint density at radius 3 is 2.29 bits per heavy atom. The van der Waals surface area contributed by atoms with Gasteiger partial charge in [-0.15, -0.1) is 0 Å². The molecule has 0 aromatic heterocycles. The quantitative estimate of drug-likeness (QED) is 0.656. The molecular formula is C24H27ClN2O4. The van der Waals surface area contributed by atoms with Crippen LogP contribution in [0.4, 0.5) is 0 Å². The normalized spacial score (nSPS) is 14.4. The van der Waals surface area contributed by atoms with Gasteiger partial charge in [-0.05, 0) is 48.6 Å². The number of likely N-dealkylation sites (tertiary alicyclic amines) is 1. The van der Waals surface area contributed by atoms with Gasteiger partial charge in [0.25, 0.3) is 11.8 Å². The van der Waals surface area contributed by atoms with Crippen LogP contribution in [0.2, 0.25) is 5.02 Å². The number of amides is 2. The molecule has 0 bridgehead atoms. The number of carbonyl (C=O) groups excluding carboxylic acids is 3. The van der Waals surface area contributed by atoms with Crippen LogP contribution in [0, 0.1) is 5.92 Å². The molecule has 1 heterocycles. The lowest BCUT2D eigenvalue weighted by atomic mass is 10.0. The van der Waals surface area contributed by atoms with Crippen LogP contribution in [0.1, 0.15) is 53.0 Å². The third kappa shape index (κ3) is 5.85. The Bertz CT molecular complexity index is 937. The fraction of sp³-hybridized carbons (Fsp3) is 0.375. The summed E-state index contributed by atoms with van der Waals surface area (Å²) in [7, 11) is 0. The molecule has 1 atom stereocenters. The highest BCUT2D eigenvalue weighted by Crippen LogP contribution is 2.17. The number of rotatable bonds is 7. The van der Waals surface area contributed by atoms with Gasteiger partial charge in [0, 0.05) is 18.7 Å². The molecule has 2 aromatic carbocycles. The molecule has 3 rings (SSSR count). The van der Waals surface area contributed by atoms with Crippen LogP contribution in [0.15, 0.2) is 48.5 Å². The van der Waals surface area contributed by atoms with Crippen molar-refractivity contribution in [2.45, 2.75) is 39.3 Å². The van der Waals surface area contributed by atoms with Crippen LogP contribution >= 0.6 is 11.6 Å². The third-order valence-corrected chi connectivity index (χ3v) is 5.63. The molecule has 6 nitrogen and oxygen atoms in total. The number of ether oxygens (including phenoxy) is 1. The number of nitrogens with one attached hydrogen (secondary N) is 1. The molecule has 164 valence electrons. The Balaban J connectivity index is 1.58. The van der Waals surface area contributed by atoms with Gasteiger partial charge in [0.2, 0.25) is 0 Å². The van der Waals surface area contributed by atoms with Gasteiger partial charge in [-0.25, -0.2) is 4.79 Å². The van der Waals surface area contributed by atoms with Gasteiger partial charge in [0.15, 0.2) is 0 Å². The maximum Gasteiger partial charge on any atom is 0.329 e. The standard InChI is InChI=1S/C24H27ClN2O4/c1-16(2)21(26-22(28)19-7-3-4-8-20(19)25)24(30)31-15-17-9-11-18(12-10-17)23(29)27-13-5-6-14-27/h3-4,7-12,16,21H,5-6,13-15H2,1-2H3,(H,26,28)/t21-/m0/s1. The molecule has 0 radical (unpaired) electrons. The van der Waals surface area contributed by atoms with Crippen molar-refractivity contribution in [2.75, 3.05) is 13.1 Å². The first-order valence-electron chi connectivity index (χ1n) is 10.5. The first-order chi connectivity index (χ1) is 14.9. The highest BCUT2D eigenvalue weighted by atomic mass is 35.5. The summed E-state index contributed by atoms with van der Waals surface area (Å²) in [5.41, 5.74) is 1.70. The Hall–Kier alpha value is -2.86. The topological polar surface area (TPSA) is 75.7 Å². The van der Waals surface area contributed by atoms with Crippen molar-refractivity contribution in [2.24, 2.45) is 5.92 Å². The lowest BCUT2D eigenvalue weighted by molar-refractivity contribution is -0.148. The van der Waals surface area contributed by atoms with Crippen molar-refractivity contribution in [3.63, 3.8) is 0 Å². The van der Waals surface area contributed by atoms with E-state index in [1.165, 1.54) is 0 Å². The number of esters is 1. The van der Waals surface area contributed by atoms with E-state index in [9.17, 15) is 14.4 Å². The first-order valence-corrected chi connectivity index (χ1v) is 10.8. The second-order valence-corrected chi connectivity index (χ2v) is 8.39. The summed E-state index contributed by atoms with van der Waals surface area (Å²) < 4.78 is 5.44. The van der Waals surface area contributed by atoms with E-state index in [1.54, 1.807) is 48.5 Å². The number of benzene rings is 2. The lowest BCUT2D eigenvalue weighted by Crippen LogP contribution is -2.45. The zero-order valence-electron chi connectivity index (χ0n) is 17.8. The number of halogens is 1. The van der Waals surface area contributed by atoms with Crippen LogP contribution in [0.5, 0.6) is 0 Å². The molecule has 0 spiro atoms. The Kier molecular flexibility index (Phi) is 7.69. The van der Waals surface area contributed by atoms with Crippen LogP contribution in [0.3, 0.4) is 0 Å². The molecule has 1 N–H and O–H groups in total. The largest absolute Gasteiger partial charge is 0.459 e. The van der Waals surface area contributed by atoms with Gasteiger partial charge in [-0.3, -0.25) is 9.59 Å². The van der Waals surface area contributed by atoms with Crippen LogP contribution in [-0.4, -0.2) is 41.8 Å². The van der Waals surface area contributed by atoms with Crippen molar-refractivity contribution >= 4 is 29.4 Å². The second-order valence-electron chi connectivity index (χ2n) is 7.98. The zero-order valence-corrected chi connectivity index (χ0v) is 18.5. The maximum atomic E-state index is 12.6. The highest BCUT2D eigenvalue weighted by molar-refractivity contribution is 6.33. The minimum absolute atomic E-state index is 0.0307. The van der Waals surface area contributed by atoms with Crippen molar-refractivity contribution in [3.8, 4) is 0 Å². The average Bonchev–Trinajstić information content (AvgIpc) is 3.30. The molecule has 0 saturated carbocycles. The van der Waals surface area contributed by atoms with E-state index in [0.29, 0.717) is 16.1 Å². The third-order valence-electron chi connectivity index (χ3n) is 5.30. The van der Waals surface area contributed by atoms with Crippen molar-refractivity contribution in [1.29, 1.82) is 0 Å². The van der Waals surface area contributed by atoms with Gasteiger partial charge >= 0.3 is 5.97 Å². The van der Waals surface area contributed by atoms with Crippen molar-refractivity contribution in [3.05, 3.63) is 70.2 Å². The van der Waals surface area contributed by atoms with E-state index in [2.05, 4.69) is 5.32 Å². The molecule has 1 saturated heterocycles. The summed E-state index contributed by atoms with van der Waals surface area (Å²) in [5, 5.41) is 3.04. The van der Waals surface area contributed by atoms with Gasteiger partial charge in [-0.2, -0.15) is 0 Å². The lowest BCUT2D eigenvalue weighted by Gasteiger charge is -2.21. The molecule has 2 aromatic rings. The van der Waals surface area contributed by atoms with Crippen LogP contribution in [-0.2, 0) is 16.1 Å². The molecule has 0 aliphatic carbocycles. The molecule has 0 unspecified atom stereocenters. The van der Waals surface area contributed by atoms with Crippen molar-refractivity contribution in [1.82, 2.24) is 10.2 Å². The molecule has 2 amide bonds. The van der Waals surface area contributed by atoms with Gasteiger partial charge < -0.3 is 15.0 Å². The van der Waals surface area contributed by atoms with E-state index in [0.717, 1.165) is 31.5 Å². The second kappa shape index (κ2) is 10.4. The summed E-state index contributed by atoms with van der Waals surface area (Å²) in [6.45, 7) is 5.32. The fourth-order valence-corrected chi connectivity index (χ4v) is 3.67. The van der Waals surface area contributed by atoms with E-state index < -0.39 is 17.9 Å². The zero-order chi connectivity index (χ0) is 22.4. The fourth-order valence-electron chi connectivity index (χ4n) is 3.45. The Morgan fingerprint density at radius 1 is 1.03 bits per heavy atom. The Labute approximate surface area is 187 Å². The average molecular weight is 443 g/mol. The number of nitrogens with zero attached hydrogens (tertiary/aromatic N) is 1. The van der Waals surface area contributed by atoms with Gasteiger partial charge in [-0.1, -0.05) is 49.7 Å². The van der Waals surface area contributed by atoms with E-state index in [4.69, 9.17) is 16.3 Å². The smallest absolute Gasteiger partial charge is 0.329 e. The predicted molar refractivity (Wildman–Crippen MR) is 119 cm³/mol. The summed E-state index contributed by atoms with van der Waals surface area (Å²) in [5.74, 6) is -1.08. The van der Waals surface area contributed by atoms with Gasteiger partial charge in [0.05, 0.1) is 10.6 Å². The summed E-state index contributed by atoms with van der Waals surface area (Å²) in [6.07, 6.45) is 2.09. The molecule has 1 aliphatic heterocycles. The maximum absolute atomic E-state index is 12.6. The van der Waals surface area contributed by atoms with E-state index in [-0.39, 0.29) is 18.4 Å². The number of carbonyl (C=O) groups is 3. The minimum Gasteiger partial charge on any atom is -0.459 e. The summed E-state index contributed by atoms with van der Waals surface area (Å²) in [6, 6.07) is 12.9. The predicted octanol–water partition coefficient (Wildman–Crippen LogP) is 4.07. The van der Waals surface area contributed by atoms with E-state index in [1.807, 2.05) is 18.7 Å². The first kappa shape index (κ1) is 22.8.